The van der Waals surface area contributed by atoms with Gasteiger partial charge < -0.3 is 5.32 Å². The second-order valence-electron chi connectivity index (χ2n) is 2.79. The van der Waals surface area contributed by atoms with Crippen LogP contribution in [0.2, 0.25) is 5.02 Å². The van der Waals surface area contributed by atoms with E-state index < -0.39 is 0 Å². The molecule has 0 aliphatic rings. The Hall–Kier alpha value is -1.18. The van der Waals surface area contributed by atoms with Crippen LogP contribution in [0.1, 0.15) is 5.56 Å². The quantitative estimate of drug-likeness (QED) is 0.883. The van der Waals surface area contributed by atoms with Crippen molar-refractivity contribution in [3.8, 4) is 6.07 Å². The van der Waals surface area contributed by atoms with Crippen molar-refractivity contribution in [2.45, 2.75) is 0 Å². The summed E-state index contributed by atoms with van der Waals surface area (Å²) in [6, 6.07) is 6.76. The van der Waals surface area contributed by atoms with Crippen molar-refractivity contribution in [1.82, 2.24) is 0 Å². The Labute approximate surface area is 97.4 Å². The van der Waals surface area contributed by atoms with Gasteiger partial charge in [-0.3, -0.25) is 4.79 Å². The fraction of sp³-hybridized carbons (Fsp3) is 0.200. The molecule has 1 aromatic rings. The van der Waals surface area contributed by atoms with E-state index in [1.807, 2.05) is 12.3 Å². The summed E-state index contributed by atoms with van der Waals surface area (Å²) in [6.07, 6.45) is 1.85. The molecular formula is C10H9ClN2OS. The predicted octanol–water partition coefficient (Wildman–Crippen LogP) is 2.51. The molecule has 1 N–H and O–H groups in total. The molecule has 78 valence electrons. The van der Waals surface area contributed by atoms with Gasteiger partial charge in [-0.15, -0.1) is 0 Å². The van der Waals surface area contributed by atoms with Crippen molar-refractivity contribution in [3.05, 3.63) is 28.8 Å². The van der Waals surface area contributed by atoms with Crippen LogP contribution in [0.25, 0.3) is 0 Å². The summed E-state index contributed by atoms with van der Waals surface area (Å²) in [4.78, 5) is 11.2. The van der Waals surface area contributed by atoms with E-state index in [1.165, 1.54) is 11.8 Å². The molecule has 0 aliphatic heterocycles. The summed E-state index contributed by atoms with van der Waals surface area (Å²) in [7, 11) is 0. The number of rotatable bonds is 3. The van der Waals surface area contributed by atoms with Crippen molar-refractivity contribution in [1.29, 1.82) is 5.26 Å². The Kier molecular flexibility index (Phi) is 4.47. The lowest BCUT2D eigenvalue weighted by Gasteiger charge is -2.04. The van der Waals surface area contributed by atoms with Gasteiger partial charge in [-0.05, 0) is 24.5 Å². The molecule has 1 amide bonds. The summed E-state index contributed by atoms with van der Waals surface area (Å²) in [5, 5.41) is 11.7. The van der Waals surface area contributed by atoms with Crippen LogP contribution in [0.4, 0.5) is 5.69 Å². The van der Waals surface area contributed by atoms with E-state index >= 15 is 0 Å². The van der Waals surface area contributed by atoms with Crippen LogP contribution in [-0.2, 0) is 4.79 Å². The summed E-state index contributed by atoms with van der Waals surface area (Å²) >= 11 is 7.25. The molecule has 15 heavy (non-hydrogen) atoms. The Morgan fingerprint density at radius 3 is 2.93 bits per heavy atom. The molecule has 0 bridgehead atoms. The van der Waals surface area contributed by atoms with Crippen LogP contribution in [0.15, 0.2) is 18.2 Å². The lowest BCUT2D eigenvalue weighted by atomic mass is 10.2. The average molecular weight is 241 g/mol. The third-order valence-corrected chi connectivity index (χ3v) is 2.51. The van der Waals surface area contributed by atoms with Crippen LogP contribution in [0.5, 0.6) is 0 Å². The number of halogens is 1. The second-order valence-corrected chi connectivity index (χ2v) is 4.06. The number of thioether (sulfide) groups is 1. The molecule has 0 aromatic heterocycles. The number of benzene rings is 1. The minimum atomic E-state index is -0.0803. The van der Waals surface area contributed by atoms with E-state index in [-0.39, 0.29) is 5.91 Å². The van der Waals surface area contributed by atoms with E-state index in [2.05, 4.69) is 5.32 Å². The SMILES string of the molecule is CSCC(=O)Nc1ccc(C#N)c(Cl)c1. The number of carbonyl (C=O) groups is 1. The zero-order valence-corrected chi connectivity index (χ0v) is 9.65. The third-order valence-electron chi connectivity index (χ3n) is 1.65. The van der Waals surface area contributed by atoms with Crippen LogP contribution < -0.4 is 5.32 Å². The number of hydrogen-bond acceptors (Lipinski definition) is 3. The number of amides is 1. The van der Waals surface area contributed by atoms with E-state index in [4.69, 9.17) is 16.9 Å². The first-order chi connectivity index (χ1) is 7.17. The van der Waals surface area contributed by atoms with Gasteiger partial charge >= 0.3 is 0 Å². The highest BCUT2D eigenvalue weighted by molar-refractivity contribution is 7.99. The zero-order valence-electron chi connectivity index (χ0n) is 8.08. The first-order valence-corrected chi connectivity index (χ1v) is 5.93. The Morgan fingerprint density at radius 2 is 2.40 bits per heavy atom. The van der Waals surface area contributed by atoms with E-state index in [9.17, 15) is 4.79 Å². The molecule has 3 nitrogen and oxygen atoms in total. The molecule has 0 atom stereocenters. The molecular weight excluding hydrogens is 232 g/mol. The third kappa shape index (κ3) is 3.46. The van der Waals surface area contributed by atoms with Crippen LogP contribution in [-0.4, -0.2) is 17.9 Å². The van der Waals surface area contributed by atoms with Gasteiger partial charge in [0.2, 0.25) is 5.91 Å². The molecule has 0 saturated heterocycles. The van der Waals surface area contributed by atoms with Gasteiger partial charge in [-0.25, -0.2) is 0 Å². The van der Waals surface area contributed by atoms with Gasteiger partial charge in [0.1, 0.15) is 6.07 Å². The second kappa shape index (κ2) is 5.64. The van der Waals surface area contributed by atoms with Gasteiger partial charge in [0.25, 0.3) is 0 Å². The molecule has 0 saturated carbocycles. The van der Waals surface area contributed by atoms with E-state index in [0.29, 0.717) is 22.0 Å². The fourth-order valence-electron chi connectivity index (χ4n) is 1.01. The zero-order chi connectivity index (χ0) is 11.3. The maximum atomic E-state index is 11.2. The summed E-state index contributed by atoms with van der Waals surface area (Å²) < 4.78 is 0. The van der Waals surface area contributed by atoms with Crippen molar-refractivity contribution < 1.29 is 4.79 Å². The molecule has 1 aromatic carbocycles. The molecule has 0 spiro atoms. The monoisotopic (exact) mass is 240 g/mol. The van der Waals surface area contributed by atoms with Crippen molar-refractivity contribution in [3.63, 3.8) is 0 Å². The number of nitrogens with zero attached hydrogens (tertiary/aromatic N) is 1. The highest BCUT2D eigenvalue weighted by atomic mass is 35.5. The summed E-state index contributed by atoms with van der Waals surface area (Å²) in [5.41, 5.74) is 1.01. The van der Waals surface area contributed by atoms with Crippen LogP contribution in [0.3, 0.4) is 0 Å². The van der Waals surface area contributed by atoms with Gasteiger partial charge in [-0.1, -0.05) is 11.6 Å². The highest BCUT2D eigenvalue weighted by Gasteiger charge is 2.04. The van der Waals surface area contributed by atoms with Crippen LogP contribution in [0, 0.1) is 11.3 Å². The molecule has 0 heterocycles. The standard InChI is InChI=1S/C10H9ClN2OS/c1-15-6-10(14)13-8-3-2-7(5-12)9(11)4-8/h2-4H,6H2,1H3,(H,13,14). The molecule has 5 heteroatoms. The maximum absolute atomic E-state index is 11.2. The highest BCUT2D eigenvalue weighted by Crippen LogP contribution is 2.20. The molecule has 0 aliphatic carbocycles. The maximum Gasteiger partial charge on any atom is 0.234 e. The van der Waals surface area contributed by atoms with E-state index in [1.54, 1.807) is 18.2 Å². The first-order valence-electron chi connectivity index (χ1n) is 4.16. The predicted molar refractivity (Wildman–Crippen MR) is 63.2 cm³/mol. The largest absolute Gasteiger partial charge is 0.325 e. The lowest BCUT2D eigenvalue weighted by molar-refractivity contribution is -0.113. The van der Waals surface area contributed by atoms with Crippen molar-refractivity contribution >= 4 is 35.0 Å². The Bertz CT molecular complexity index is 414. The number of anilines is 1. The summed E-state index contributed by atoms with van der Waals surface area (Å²) in [5.74, 6) is 0.320. The fourth-order valence-corrected chi connectivity index (χ4v) is 1.57. The Balaban J connectivity index is 2.76. The van der Waals surface area contributed by atoms with Gasteiger partial charge in [0.15, 0.2) is 0 Å². The molecule has 0 radical (unpaired) electrons. The molecule has 0 fully saturated rings. The number of nitrogens with one attached hydrogen (secondary N) is 1. The Morgan fingerprint density at radius 1 is 1.67 bits per heavy atom. The average Bonchev–Trinajstić information content (AvgIpc) is 2.18. The molecule has 1 rings (SSSR count). The van der Waals surface area contributed by atoms with Crippen molar-refractivity contribution in [2.75, 3.05) is 17.3 Å². The van der Waals surface area contributed by atoms with E-state index in [0.717, 1.165) is 0 Å². The smallest absolute Gasteiger partial charge is 0.234 e. The number of nitriles is 1. The lowest BCUT2D eigenvalue weighted by Crippen LogP contribution is -2.13. The minimum absolute atomic E-state index is 0.0803. The minimum Gasteiger partial charge on any atom is -0.325 e. The number of carbonyl (C=O) groups excluding carboxylic acids is 1. The molecule has 0 unspecified atom stereocenters. The summed E-state index contributed by atoms with van der Waals surface area (Å²) in [6.45, 7) is 0. The normalized spacial score (nSPS) is 9.40. The topological polar surface area (TPSA) is 52.9 Å². The van der Waals surface area contributed by atoms with Crippen molar-refractivity contribution in [2.24, 2.45) is 0 Å². The first kappa shape index (κ1) is 11.9. The van der Waals surface area contributed by atoms with Crippen LogP contribution >= 0.6 is 23.4 Å². The number of hydrogen-bond donors (Lipinski definition) is 1. The van der Waals surface area contributed by atoms with Gasteiger partial charge in [-0.2, -0.15) is 17.0 Å². The van der Waals surface area contributed by atoms with Gasteiger partial charge in [0, 0.05) is 5.69 Å². The van der Waals surface area contributed by atoms with Gasteiger partial charge in [0.05, 0.1) is 16.3 Å².